The maximum atomic E-state index is 10.9. The van der Waals surface area contributed by atoms with E-state index in [4.69, 9.17) is 4.74 Å². The van der Waals surface area contributed by atoms with Gasteiger partial charge in [-0.25, -0.2) is 0 Å². The average Bonchev–Trinajstić information content (AvgIpc) is 3.25. The molecule has 0 aromatic carbocycles. The molecular weight excluding hydrogens is 404 g/mol. The van der Waals surface area contributed by atoms with Crippen molar-refractivity contribution >= 4 is 0 Å². The summed E-state index contributed by atoms with van der Waals surface area (Å²) in [4.78, 5) is 0. The van der Waals surface area contributed by atoms with Crippen LogP contribution < -0.4 is 0 Å². The van der Waals surface area contributed by atoms with Crippen molar-refractivity contribution in [1.82, 2.24) is 0 Å². The van der Waals surface area contributed by atoms with Crippen LogP contribution in [0.25, 0.3) is 0 Å². The first-order valence-electron chi connectivity index (χ1n) is 14.5. The Morgan fingerprint density at radius 1 is 0.667 bits per heavy atom. The van der Waals surface area contributed by atoms with Gasteiger partial charge in [-0.3, -0.25) is 0 Å². The largest absolute Gasteiger partial charge is 0.393 e. The first-order valence-corrected chi connectivity index (χ1v) is 14.5. The minimum atomic E-state index is -0.127. The molecule has 33 heavy (non-hydrogen) atoms. The van der Waals surface area contributed by atoms with E-state index in [9.17, 15) is 5.11 Å². The summed E-state index contributed by atoms with van der Waals surface area (Å²) in [7, 11) is 0. The molecule has 4 aliphatic carbocycles. The van der Waals surface area contributed by atoms with Gasteiger partial charge < -0.3 is 9.84 Å². The third-order valence-corrected chi connectivity index (χ3v) is 14.0. The van der Waals surface area contributed by atoms with E-state index in [2.05, 4.69) is 62.3 Å². The second-order valence-corrected chi connectivity index (χ2v) is 15.6. The molecule has 0 bridgehead atoms. The smallest absolute Gasteiger partial charge is 0.0694 e. The molecule has 0 aromatic heterocycles. The molecule has 2 heteroatoms. The molecule has 2 nitrogen and oxygen atoms in total. The van der Waals surface area contributed by atoms with Gasteiger partial charge in [-0.1, -0.05) is 48.5 Å². The molecule has 10 atom stereocenters. The fraction of sp³-hybridized carbons (Fsp3) is 1.00. The number of aliphatic hydroxyl groups is 1. The summed E-state index contributed by atoms with van der Waals surface area (Å²) in [5.41, 5.74) is 1.39. The van der Waals surface area contributed by atoms with Gasteiger partial charge in [0.15, 0.2) is 0 Å². The number of hydrogen-bond acceptors (Lipinski definition) is 2. The Balaban J connectivity index is 1.45. The van der Waals surface area contributed by atoms with Gasteiger partial charge in [-0.2, -0.15) is 0 Å². The fourth-order valence-corrected chi connectivity index (χ4v) is 11.3. The quantitative estimate of drug-likeness (QED) is 0.454. The van der Waals surface area contributed by atoms with Crippen LogP contribution in [0.2, 0.25) is 0 Å². The molecule has 5 fully saturated rings. The summed E-state index contributed by atoms with van der Waals surface area (Å²) in [6.45, 7) is 22.3. The molecule has 190 valence electrons. The van der Waals surface area contributed by atoms with Gasteiger partial charge in [0.05, 0.1) is 17.3 Å². The van der Waals surface area contributed by atoms with Crippen molar-refractivity contribution < 1.29 is 9.84 Å². The standard InChI is InChI=1S/C31H54O2/c1-20(2)30(8)18-19-31(9,33-30)22-12-16-28(6)21(22)10-11-24-27(5)15-14-25(32)26(3,4)23(27)13-17-29(24,28)7/h20-25,32H,10-19H2,1-9H3. The van der Waals surface area contributed by atoms with E-state index in [1.165, 1.54) is 57.8 Å². The Hall–Kier alpha value is -0.0800. The van der Waals surface area contributed by atoms with Crippen molar-refractivity contribution in [3.8, 4) is 0 Å². The Bertz CT molecular complexity index is 788. The molecule has 0 radical (unpaired) electrons. The fourth-order valence-electron chi connectivity index (χ4n) is 11.3. The zero-order chi connectivity index (χ0) is 24.2. The topological polar surface area (TPSA) is 29.5 Å². The summed E-state index contributed by atoms with van der Waals surface area (Å²) < 4.78 is 7.06. The molecule has 4 saturated carbocycles. The lowest BCUT2D eigenvalue weighted by Crippen LogP contribution is -2.64. The van der Waals surface area contributed by atoms with Crippen molar-refractivity contribution in [2.24, 2.45) is 51.2 Å². The maximum Gasteiger partial charge on any atom is 0.0694 e. The predicted molar refractivity (Wildman–Crippen MR) is 137 cm³/mol. The second kappa shape index (κ2) is 7.24. The summed E-state index contributed by atoms with van der Waals surface area (Å²) >= 11 is 0. The molecule has 5 rings (SSSR count). The van der Waals surface area contributed by atoms with Crippen LogP contribution in [0.15, 0.2) is 0 Å². The van der Waals surface area contributed by atoms with Gasteiger partial charge in [0.2, 0.25) is 0 Å². The van der Waals surface area contributed by atoms with E-state index in [-0.39, 0.29) is 22.7 Å². The molecular formula is C31H54O2. The van der Waals surface area contributed by atoms with Gasteiger partial charge in [-0.05, 0) is 129 Å². The minimum absolute atomic E-state index is 0.0505. The molecule has 1 heterocycles. The van der Waals surface area contributed by atoms with Gasteiger partial charge in [0, 0.05) is 0 Å². The molecule has 1 saturated heterocycles. The minimum Gasteiger partial charge on any atom is -0.393 e. The number of ether oxygens (including phenoxy) is 1. The number of aliphatic hydroxyl groups excluding tert-OH is 1. The van der Waals surface area contributed by atoms with Crippen molar-refractivity contribution in [3.05, 3.63) is 0 Å². The predicted octanol–water partition coefficient (Wildman–Crippen LogP) is 8.02. The van der Waals surface area contributed by atoms with E-state index in [0.717, 1.165) is 24.2 Å². The van der Waals surface area contributed by atoms with Crippen LogP contribution in [-0.2, 0) is 4.74 Å². The molecule has 0 amide bonds. The average molecular weight is 459 g/mol. The molecule has 1 aliphatic heterocycles. The summed E-state index contributed by atoms with van der Waals surface area (Å²) in [6, 6.07) is 0. The molecule has 0 aromatic rings. The maximum absolute atomic E-state index is 10.9. The van der Waals surface area contributed by atoms with Crippen LogP contribution in [0.5, 0.6) is 0 Å². The van der Waals surface area contributed by atoms with E-state index in [1.807, 2.05) is 0 Å². The lowest BCUT2D eigenvalue weighted by molar-refractivity contribution is -0.227. The zero-order valence-electron chi connectivity index (χ0n) is 23.4. The van der Waals surface area contributed by atoms with Gasteiger partial charge in [0.25, 0.3) is 0 Å². The van der Waals surface area contributed by atoms with Gasteiger partial charge in [-0.15, -0.1) is 0 Å². The normalized spacial score (nSPS) is 58.1. The Kier molecular flexibility index (Phi) is 5.40. The van der Waals surface area contributed by atoms with Crippen molar-refractivity contribution in [1.29, 1.82) is 0 Å². The Morgan fingerprint density at radius 2 is 1.33 bits per heavy atom. The van der Waals surface area contributed by atoms with Crippen LogP contribution in [0, 0.1) is 51.2 Å². The zero-order valence-corrected chi connectivity index (χ0v) is 23.4. The molecule has 1 N–H and O–H groups in total. The number of rotatable bonds is 2. The van der Waals surface area contributed by atoms with Crippen LogP contribution in [0.4, 0.5) is 0 Å². The summed E-state index contributed by atoms with van der Waals surface area (Å²) in [6.07, 6.45) is 12.7. The highest BCUT2D eigenvalue weighted by Gasteiger charge is 2.70. The lowest BCUT2D eigenvalue weighted by atomic mass is 9.35. The van der Waals surface area contributed by atoms with Crippen LogP contribution in [0.1, 0.15) is 127 Å². The first kappa shape index (κ1) is 24.6. The molecule has 10 unspecified atom stereocenters. The van der Waals surface area contributed by atoms with Gasteiger partial charge >= 0.3 is 0 Å². The van der Waals surface area contributed by atoms with Crippen LogP contribution in [-0.4, -0.2) is 22.4 Å². The lowest BCUT2D eigenvalue weighted by Gasteiger charge is -2.70. The van der Waals surface area contributed by atoms with Crippen molar-refractivity contribution in [2.45, 2.75) is 144 Å². The highest BCUT2D eigenvalue weighted by atomic mass is 16.5. The molecule has 0 spiro atoms. The summed E-state index contributed by atoms with van der Waals surface area (Å²) in [5, 5.41) is 10.9. The number of hydrogen-bond donors (Lipinski definition) is 1. The third-order valence-electron chi connectivity index (χ3n) is 14.0. The summed E-state index contributed by atoms with van der Waals surface area (Å²) in [5.74, 6) is 3.57. The van der Waals surface area contributed by atoms with Crippen LogP contribution >= 0.6 is 0 Å². The second-order valence-electron chi connectivity index (χ2n) is 15.6. The van der Waals surface area contributed by atoms with E-state index >= 15 is 0 Å². The highest BCUT2D eigenvalue weighted by Crippen LogP contribution is 2.76. The third kappa shape index (κ3) is 3.04. The first-order chi connectivity index (χ1) is 15.1. The Labute approximate surface area is 205 Å². The van der Waals surface area contributed by atoms with E-state index < -0.39 is 0 Å². The van der Waals surface area contributed by atoms with Gasteiger partial charge in [0.1, 0.15) is 0 Å². The van der Waals surface area contributed by atoms with E-state index in [1.54, 1.807) is 0 Å². The highest BCUT2D eigenvalue weighted by molar-refractivity contribution is 5.19. The van der Waals surface area contributed by atoms with Crippen molar-refractivity contribution in [2.75, 3.05) is 0 Å². The Morgan fingerprint density at radius 3 is 1.97 bits per heavy atom. The van der Waals surface area contributed by atoms with Crippen LogP contribution in [0.3, 0.4) is 0 Å². The van der Waals surface area contributed by atoms with E-state index in [0.29, 0.717) is 28.1 Å². The number of fused-ring (bicyclic) bond motifs is 5. The molecule has 5 aliphatic rings. The monoisotopic (exact) mass is 458 g/mol. The SMILES string of the molecule is CC(C)C1(C)CCC(C)(C2CCC3(C)C2CCC2C4(C)CCC(O)C(C)(C)C4CCC23C)O1. The van der Waals surface area contributed by atoms with Crippen molar-refractivity contribution in [3.63, 3.8) is 0 Å².